The molecule has 0 saturated carbocycles. The van der Waals surface area contributed by atoms with Crippen LogP contribution < -0.4 is 9.64 Å². The van der Waals surface area contributed by atoms with Gasteiger partial charge in [0.2, 0.25) is 0 Å². The van der Waals surface area contributed by atoms with Crippen molar-refractivity contribution < 1.29 is 19.0 Å². The Kier molecular flexibility index (Phi) is 6.18. The van der Waals surface area contributed by atoms with Crippen LogP contribution in [0.2, 0.25) is 0 Å². The normalized spacial score (nSPS) is 10.2. The van der Waals surface area contributed by atoms with Gasteiger partial charge in [-0.15, -0.1) is 0 Å². The molecule has 0 unspecified atom stereocenters. The number of ether oxygens (including phenoxy) is 3. The zero-order chi connectivity index (χ0) is 13.4. The minimum Gasteiger partial charge on any atom is -0.497 e. The van der Waals surface area contributed by atoms with Crippen LogP contribution in [0.4, 0.5) is 5.69 Å². The van der Waals surface area contributed by atoms with Crippen molar-refractivity contribution in [3.8, 4) is 5.75 Å². The van der Waals surface area contributed by atoms with Crippen LogP contribution in [0.1, 0.15) is 0 Å². The van der Waals surface area contributed by atoms with Crippen molar-refractivity contribution in [2.75, 3.05) is 46.0 Å². The monoisotopic (exact) mass is 253 g/mol. The summed E-state index contributed by atoms with van der Waals surface area (Å²) in [5.74, 6) is 0.659. The highest BCUT2D eigenvalue weighted by Crippen LogP contribution is 2.18. The van der Waals surface area contributed by atoms with Crippen molar-refractivity contribution in [2.45, 2.75) is 0 Å². The molecule has 0 aromatic heterocycles. The fraction of sp³-hybridized carbons (Fsp3) is 0.462. The number of likely N-dealkylation sites (N-methyl/N-ethyl adjacent to an activating group) is 1. The number of benzene rings is 1. The smallest absolute Gasteiger partial charge is 0.252 e. The lowest BCUT2D eigenvalue weighted by Crippen LogP contribution is -2.30. The second-order valence-electron chi connectivity index (χ2n) is 3.70. The van der Waals surface area contributed by atoms with Gasteiger partial charge < -0.3 is 19.1 Å². The van der Waals surface area contributed by atoms with Gasteiger partial charge in [-0.25, -0.2) is 0 Å². The number of amides is 1. The first-order chi connectivity index (χ1) is 8.69. The van der Waals surface area contributed by atoms with E-state index in [0.717, 1.165) is 11.4 Å². The van der Waals surface area contributed by atoms with E-state index in [9.17, 15) is 4.79 Å². The summed E-state index contributed by atoms with van der Waals surface area (Å²) in [6, 6.07) is 7.27. The maximum absolute atomic E-state index is 11.8. The molecule has 0 radical (unpaired) electrons. The average Bonchev–Trinajstić information content (AvgIpc) is 2.42. The predicted molar refractivity (Wildman–Crippen MR) is 69.1 cm³/mol. The molecule has 5 nitrogen and oxygen atoms in total. The van der Waals surface area contributed by atoms with Gasteiger partial charge in [-0.05, 0) is 24.3 Å². The largest absolute Gasteiger partial charge is 0.497 e. The van der Waals surface area contributed by atoms with E-state index in [1.165, 1.54) is 0 Å². The van der Waals surface area contributed by atoms with Crippen LogP contribution in [-0.2, 0) is 14.3 Å². The van der Waals surface area contributed by atoms with Gasteiger partial charge in [-0.1, -0.05) is 0 Å². The molecule has 0 fully saturated rings. The highest BCUT2D eigenvalue weighted by atomic mass is 16.5. The van der Waals surface area contributed by atoms with Gasteiger partial charge in [0, 0.05) is 19.8 Å². The molecule has 1 aromatic carbocycles. The maximum atomic E-state index is 11.8. The highest BCUT2D eigenvalue weighted by molar-refractivity contribution is 5.93. The molecule has 1 aromatic rings. The van der Waals surface area contributed by atoms with Crippen molar-refractivity contribution in [2.24, 2.45) is 0 Å². The topological polar surface area (TPSA) is 48.0 Å². The molecule has 0 aliphatic rings. The Morgan fingerprint density at radius 3 is 2.39 bits per heavy atom. The van der Waals surface area contributed by atoms with Crippen LogP contribution in [0.5, 0.6) is 5.75 Å². The third kappa shape index (κ3) is 4.35. The number of nitrogens with zero attached hydrogens (tertiary/aromatic N) is 1. The van der Waals surface area contributed by atoms with Crippen LogP contribution in [0.15, 0.2) is 24.3 Å². The number of carbonyl (C=O) groups excluding carboxylic acids is 1. The Hall–Kier alpha value is -1.59. The van der Waals surface area contributed by atoms with Crippen molar-refractivity contribution in [3.63, 3.8) is 0 Å². The SMILES string of the molecule is COCCOCC(=O)N(C)c1ccc(OC)cc1. The van der Waals surface area contributed by atoms with Gasteiger partial charge in [0.25, 0.3) is 5.91 Å². The summed E-state index contributed by atoms with van der Waals surface area (Å²) in [4.78, 5) is 13.3. The van der Waals surface area contributed by atoms with Gasteiger partial charge >= 0.3 is 0 Å². The lowest BCUT2D eigenvalue weighted by atomic mass is 10.3. The molecular weight excluding hydrogens is 234 g/mol. The number of hydrogen-bond acceptors (Lipinski definition) is 4. The molecule has 1 amide bonds. The fourth-order valence-electron chi connectivity index (χ4n) is 1.35. The second-order valence-corrected chi connectivity index (χ2v) is 3.70. The molecule has 100 valence electrons. The minimum atomic E-state index is -0.101. The van der Waals surface area contributed by atoms with E-state index in [-0.39, 0.29) is 12.5 Å². The van der Waals surface area contributed by atoms with Crippen molar-refractivity contribution in [1.29, 1.82) is 0 Å². The zero-order valence-electron chi connectivity index (χ0n) is 11.0. The summed E-state index contributed by atoms with van der Waals surface area (Å²) in [6.07, 6.45) is 0. The molecule has 0 heterocycles. The van der Waals surface area contributed by atoms with Crippen LogP contribution in [0.3, 0.4) is 0 Å². The summed E-state index contributed by atoms with van der Waals surface area (Å²) in [7, 11) is 4.91. The van der Waals surface area contributed by atoms with Gasteiger partial charge in [0.1, 0.15) is 12.4 Å². The summed E-state index contributed by atoms with van der Waals surface area (Å²) in [6.45, 7) is 0.949. The second kappa shape index (κ2) is 7.68. The van der Waals surface area contributed by atoms with Crippen LogP contribution in [0, 0.1) is 0 Å². The van der Waals surface area contributed by atoms with Crippen LogP contribution in [-0.4, -0.2) is 47.0 Å². The summed E-state index contributed by atoms with van der Waals surface area (Å²) < 4.78 is 15.1. The van der Waals surface area contributed by atoms with E-state index in [2.05, 4.69) is 0 Å². The molecular formula is C13H19NO4. The van der Waals surface area contributed by atoms with Gasteiger partial charge in [0.15, 0.2) is 0 Å². The predicted octanol–water partition coefficient (Wildman–Crippen LogP) is 1.32. The average molecular weight is 253 g/mol. The molecule has 5 heteroatoms. The van der Waals surface area contributed by atoms with Gasteiger partial charge in [-0.2, -0.15) is 0 Å². The first kappa shape index (κ1) is 14.5. The Morgan fingerprint density at radius 1 is 1.17 bits per heavy atom. The minimum absolute atomic E-state index is 0.0475. The third-order valence-electron chi connectivity index (χ3n) is 2.49. The molecule has 0 N–H and O–H groups in total. The quantitative estimate of drug-likeness (QED) is 0.688. The van der Waals surface area contributed by atoms with E-state index in [1.54, 1.807) is 26.2 Å². The molecule has 0 atom stereocenters. The summed E-state index contributed by atoms with van der Waals surface area (Å²) >= 11 is 0. The fourth-order valence-corrected chi connectivity index (χ4v) is 1.35. The van der Waals surface area contributed by atoms with E-state index < -0.39 is 0 Å². The maximum Gasteiger partial charge on any atom is 0.252 e. The van der Waals surface area contributed by atoms with Crippen molar-refractivity contribution in [3.05, 3.63) is 24.3 Å². The molecule has 0 aliphatic heterocycles. The Bertz CT molecular complexity index is 364. The standard InChI is InChI=1S/C13H19NO4/c1-14(13(15)10-18-9-8-16-2)11-4-6-12(17-3)7-5-11/h4-7H,8-10H2,1-3H3. The lowest BCUT2D eigenvalue weighted by molar-refractivity contribution is -0.123. The van der Waals surface area contributed by atoms with E-state index in [1.807, 2.05) is 24.3 Å². The number of carbonyl (C=O) groups is 1. The van der Waals surface area contributed by atoms with Gasteiger partial charge in [0.05, 0.1) is 20.3 Å². The van der Waals surface area contributed by atoms with Crippen molar-refractivity contribution >= 4 is 11.6 Å². The molecule has 0 saturated heterocycles. The van der Waals surface area contributed by atoms with Crippen LogP contribution >= 0.6 is 0 Å². The third-order valence-corrected chi connectivity index (χ3v) is 2.49. The molecule has 0 bridgehead atoms. The van der Waals surface area contributed by atoms with Gasteiger partial charge in [-0.3, -0.25) is 4.79 Å². The lowest BCUT2D eigenvalue weighted by Gasteiger charge is -2.17. The highest BCUT2D eigenvalue weighted by Gasteiger charge is 2.10. The Morgan fingerprint density at radius 2 is 1.83 bits per heavy atom. The number of hydrogen-bond donors (Lipinski definition) is 0. The Balaban J connectivity index is 2.46. The summed E-state index contributed by atoms with van der Waals surface area (Å²) in [5.41, 5.74) is 0.802. The summed E-state index contributed by atoms with van der Waals surface area (Å²) in [5, 5.41) is 0. The molecule has 0 aliphatic carbocycles. The first-order valence-electron chi connectivity index (χ1n) is 5.66. The van der Waals surface area contributed by atoms with E-state index in [0.29, 0.717) is 13.2 Å². The van der Waals surface area contributed by atoms with Crippen LogP contribution in [0.25, 0.3) is 0 Å². The zero-order valence-corrected chi connectivity index (χ0v) is 11.0. The number of methoxy groups -OCH3 is 2. The first-order valence-corrected chi connectivity index (χ1v) is 5.66. The molecule has 1 rings (SSSR count). The molecule has 0 spiro atoms. The molecule has 18 heavy (non-hydrogen) atoms. The van der Waals surface area contributed by atoms with E-state index >= 15 is 0 Å². The van der Waals surface area contributed by atoms with Crippen molar-refractivity contribution in [1.82, 2.24) is 0 Å². The number of anilines is 1. The Labute approximate surface area is 107 Å². The van der Waals surface area contributed by atoms with E-state index in [4.69, 9.17) is 14.2 Å². The number of rotatable bonds is 7.